The maximum Gasteiger partial charge on any atom is 0.405 e. The van der Waals surface area contributed by atoms with Crippen LogP contribution in [0.4, 0.5) is 8.78 Å². The summed E-state index contributed by atoms with van der Waals surface area (Å²) in [7, 11) is -5.83. The number of alkyl halides is 2. The summed E-state index contributed by atoms with van der Waals surface area (Å²) in [6.45, 7) is 2.50. The maximum atomic E-state index is 13.5. The SMILES string of the molecule is CC(OC(=O)COCC(=O)OC1C2CC3C1OC(=O)C3C2C(=O)OC(C)(C)C1CCCCC1)C(F)(F)S(=O)(=O)O. The molecule has 4 aliphatic rings. The van der Waals surface area contributed by atoms with Gasteiger partial charge in [0.15, 0.2) is 6.10 Å². The zero-order valence-electron chi connectivity index (χ0n) is 22.4. The van der Waals surface area contributed by atoms with Crippen molar-refractivity contribution in [2.75, 3.05) is 13.2 Å². The average Bonchev–Trinajstić information content (AvgIpc) is 3.47. The molecule has 15 heteroatoms. The highest BCUT2D eigenvalue weighted by atomic mass is 32.2. The van der Waals surface area contributed by atoms with Gasteiger partial charge in [0.05, 0.1) is 11.8 Å². The average molecular weight is 597 g/mol. The molecular weight excluding hydrogens is 562 g/mol. The van der Waals surface area contributed by atoms with Gasteiger partial charge in [0, 0.05) is 11.8 Å². The van der Waals surface area contributed by atoms with Crippen LogP contribution in [0.3, 0.4) is 0 Å². The first-order valence-electron chi connectivity index (χ1n) is 13.3. The highest BCUT2D eigenvalue weighted by Crippen LogP contribution is 2.59. The molecule has 2 bridgehead atoms. The molecule has 3 saturated carbocycles. The van der Waals surface area contributed by atoms with Crippen LogP contribution in [-0.4, -0.2) is 79.2 Å². The summed E-state index contributed by atoms with van der Waals surface area (Å²) in [4.78, 5) is 50.2. The minimum Gasteiger partial charge on any atom is -0.459 e. The summed E-state index contributed by atoms with van der Waals surface area (Å²) in [5.74, 6) is -5.58. The lowest BCUT2D eigenvalue weighted by molar-refractivity contribution is -0.179. The first-order chi connectivity index (χ1) is 18.5. The van der Waals surface area contributed by atoms with Gasteiger partial charge in [-0.1, -0.05) is 19.3 Å². The Morgan fingerprint density at radius 1 is 1.07 bits per heavy atom. The first-order valence-corrected chi connectivity index (χ1v) is 14.7. The summed E-state index contributed by atoms with van der Waals surface area (Å²) in [5.41, 5.74) is -0.724. The van der Waals surface area contributed by atoms with Gasteiger partial charge in [0.25, 0.3) is 0 Å². The second-order valence-electron chi connectivity index (χ2n) is 11.5. The Hall–Kier alpha value is -2.39. The number of carbonyl (C=O) groups excluding carboxylic acids is 4. The Kier molecular flexibility index (Phi) is 8.50. The third-order valence-electron chi connectivity index (χ3n) is 8.60. The van der Waals surface area contributed by atoms with Gasteiger partial charge in [-0.25, -0.2) is 9.59 Å². The zero-order chi connectivity index (χ0) is 29.6. The fourth-order valence-electron chi connectivity index (χ4n) is 6.59. The molecular formula is C25H34F2O12S. The largest absolute Gasteiger partial charge is 0.459 e. The number of rotatable bonds is 11. The number of hydrogen-bond acceptors (Lipinski definition) is 11. The van der Waals surface area contributed by atoms with Crippen LogP contribution in [0.1, 0.15) is 59.3 Å². The van der Waals surface area contributed by atoms with Crippen molar-refractivity contribution in [2.45, 2.75) is 88.5 Å². The summed E-state index contributed by atoms with van der Waals surface area (Å²) in [5, 5.41) is -4.75. The third-order valence-corrected chi connectivity index (χ3v) is 9.62. The van der Waals surface area contributed by atoms with Gasteiger partial charge >= 0.3 is 39.2 Å². The van der Waals surface area contributed by atoms with Crippen LogP contribution >= 0.6 is 0 Å². The lowest BCUT2D eigenvalue weighted by atomic mass is 9.77. The van der Waals surface area contributed by atoms with Crippen LogP contribution in [0.2, 0.25) is 0 Å². The van der Waals surface area contributed by atoms with E-state index in [1.165, 1.54) is 0 Å². The molecule has 0 aromatic rings. The molecule has 0 aromatic carbocycles. The van der Waals surface area contributed by atoms with Crippen LogP contribution in [0.5, 0.6) is 0 Å². The van der Waals surface area contributed by atoms with Gasteiger partial charge in [0.2, 0.25) is 0 Å². The maximum absolute atomic E-state index is 13.5. The minimum absolute atomic E-state index is 0.201. The van der Waals surface area contributed by atoms with E-state index < -0.39 is 94.1 Å². The minimum atomic E-state index is -5.83. The van der Waals surface area contributed by atoms with Gasteiger partial charge in [-0.05, 0) is 46.0 Å². The Balaban J connectivity index is 1.31. The molecule has 7 atom stereocenters. The second kappa shape index (κ2) is 11.1. The lowest BCUT2D eigenvalue weighted by Crippen LogP contribution is -2.47. The molecule has 0 radical (unpaired) electrons. The molecule has 7 unspecified atom stereocenters. The second-order valence-corrected chi connectivity index (χ2v) is 13.0. The van der Waals surface area contributed by atoms with E-state index in [1.807, 2.05) is 13.8 Å². The highest BCUT2D eigenvalue weighted by Gasteiger charge is 2.70. The number of esters is 4. The van der Waals surface area contributed by atoms with Crippen LogP contribution in [0, 0.1) is 29.6 Å². The molecule has 0 amide bonds. The Labute approximate surface area is 230 Å². The predicted octanol–water partition coefficient (Wildman–Crippen LogP) is 2.04. The molecule has 1 saturated heterocycles. The van der Waals surface area contributed by atoms with Crippen LogP contribution in [-0.2, 0) is 53.0 Å². The van der Waals surface area contributed by atoms with E-state index in [0.29, 0.717) is 13.3 Å². The summed E-state index contributed by atoms with van der Waals surface area (Å²) in [6, 6.07) is 0. The van der Waals surface area contributed by atoms with Gasteiger partial charge < -0.3 is 23.7 Å². The van der Waals surface area contributed by atoms with Crippen LogP contribution < -0.4 is 0 Å². The number of carbonyl (C=O) groups is 4. The van der Waals surface area contributed by atoms with Crippen molar-refractivity contribution in [1.82, 2.24) is 0 Å². The molecule has 12 nitrogen and oxygen atoms in total. The van der Waals surface area contributed by atoms with E-state index >= 15 is 0 Å². The van der Waals surface area contributed by atoms with Crippen molar-refractivity contribution in [3.05, 3.63) is 0 Å². The van der Waals surface area contributed by atoms with Gasteiger partial charge in [0.1, 0.15) is 31.0 Å². The molecule has 40 heavy (non-hydrogen) atoms. The standard InChI is InChI=1S/C25H34F2O12S/c1-12(25(26,27)40(32,33)34)36-16(28)10-35-11-17(29)37-20-15-9-14-18(22(30)38-21(14)20)19(15)23(31)39-24(2,3)13-7-5-4-6-8-13/h12-15,18-21H,4-11H2,1-3H3,(H,32,33,34). The van der Waals surface area contributed by atoms with E-state index in [2.05, 4.69) is 4.74 Å². The van der Waals surface area contributed by atoms with Crippen molar-refractivity contribution in [3.8, 4) is 0 Å². The topological polar surface area (TPSA) is 169 Å². The number of fused-ring (bicyclic) bond motifs is 1. The van der Waals surface area contributed by atoms with E-state index in [1.54, 1.807) is 0 Å². The molecule has 4 fully saturated rings. The predicted molar refractivity (Wildman–Crippen MR) is 128 cm³/mol. The number of ether oxygens (including phenoxy) is 5. The number of halogens is 2. The Morgan fingerprint density at radius 3 is 2.33 bits per heavy atom. The van der Waals surface area contributed by atoms with Gasteiger partial charge in [-0.2, -0.15) is 17.2 Å². The van der Waals surface area contributed by atoms with Crippen molar-refractivity contribution in [1.29, 1.82) is 0 Å². The zero-order valence-corrected chi connectivity index (χ0v) is 23.2. The van der Waals surface area contributed by atoms with Gasteiger partial charge in [-0.15, -0.1) is 0 Å². The van der Waals surface area contributed by atoms with E-state index in [0.717, 1.165) is 32.1 Å². The lowest BCUT2D eigenvalue weighted by Gasteiger charge is -2.38. The molecule has 3 aliphatic carbocycles. The van der Waals surface area contributed by atoms with Crippen molar-refractivity contribution in [3.63, 3.8) is 0 Å². The quantitative estimate of drug-likeness (QED) is 0.210. The molecule has 0 spiro atoms. The summed E-state index contributed by atoms with van der Waals surface area (Å²) < 4.78 is 83.1. The number of hydrogen-bond donors (Lipinski definition) is 1. The molecule has 0 aromatic heterocycles. The molecule has 1 N–H and O–H groups in total. The molecule has 226 valence electrons. The first kappa shape index (κ1) is 30.6. The van der Waals surface area contributed by atoms with E-state index in [9.17, 15) is 36.4 Å². The fraction of sp³-hybridized carbons (Fsp3) is 0.840. The molecule has 1 heterocycles. The van der Waals surface area contributed by atoms with E-state index in [4.69, 9.17) is 23.5 Å². The van der Waals surface area contributed by atoms with Gasteiger partial charge in [-0.3, -0.25) is 14.1 Å². The fourth-order valence-corrected chi connectivity index (χ4v) is 7.06. The monoisotopic (exact) mass is 596 g/mol. The third kappa shape index (κ3) is 5.82. The van der Waals surface area contributed by atoms with Crippen LogP contribution in [0.15, 0.2) is 0 Å². The highest BCUT2D eigenvalue weighted by molar-refractivity contribution is 7.86. The van der Waals surface area contributed by atoms with Crippen molar-refractivity contribution < 1.29 is 64.6 Å². The summed E-state index contributed by atoms with van der Waals surface area (Å²) >= 11 is 0. The van der Waals surface area contributed by atoms with Crippen LogP contribution in [0.25, 0.3) is 0 Å². The molecule has 4 rings (SSSR count). The normalized spacial score (nSPS) is 31.0. The van der Waals surface area contributed by atoms with E-state index in [-0.39, 0.29) is 11.8 Å². The molecule has 1 aliphatic heterocycles. The van der Waals surface area contributed by atoms with Crippen molar-refractivity contribution in [2.24, 2.45) is 29.6 Å². The smallest absolute Gasteiger partial charge is 0.405 e. The Bertz CT molecular complexity index is 1130. The Morgan fingerprint density at radius 2 is 1.70 bits per heavy atom. The summed E-state index contributed by atoms with van der Waals surface area (Å²) in [6.07, 6.45) is 1.40. The van der Waals surface area contributed by atoms with Crippen molar-refractivity contribution >= 4 is 34.0 Å².